The summed E-state index contributed by atoms with van der Waals surface area (Å²) in [7, 11) is -3.91. The molecule has 0 aliphatic carbocycles. The number of hydrogen-bond acceptors (Lipinski definition) is 8. The molecule has 0 unspecified atom stereocenters. The van der Waals surface area contributed by atoms with Gasteiger partial charge in [0, 0.05) is 18.9 Å². The van der Waals surface area contributed by atoms with Crippen molar-refractivity contribution in [1.29, 1.82) is 0 Å². The van der Waals surface area contributed by atoms with Crippen LogP contribution in [0.5, 0.6) is 23.3 Å². The van der Waals surface area contributed by atoms with Gasteiger partial charge in [-0.3, -0.25) is 4.79 Å². The fraction of sp³-hybridized carbons (Fsp3) is 0.250. The molecule has 0 aliphatic heterocycles. The van der Waals surface area contributed by atoms with Gasteiger partial charge in [-0.05, 0) is 42.8 Å². The highest BCUT2D eigenvalue weighted by atomic mass is 32.2. The third-order valence-corrected chi connectivity index (χ3v) is 5.63. The van der Waals surface area contributed by atoms with Gasteiger partial charge in [0.15, 0.2) is 5.75 Å². The lowest BCUT2D eigenvalue weighted by molar-refractivity contribution is -0.134. The van der Waals surface area contributed by atoms with E-state index in [-0.39, 0.29) is 41.3 Å². The normalized spacial score (nSPS) is 11.0. The predicted octanol–water partition coefficient (Wildman–Crippen LogP) is 4.18. The van der Waals surface area contributed by atoms with E-state index in [1.165, 1.54) is 12.1 Å². The van der Waals surface area contributed by atoms with Crippen LogP contribution in [0.25, 0.3) is 0 Å². The highest BCUT2D eigenvalue weighted by Gasteiger charge is 2.16. The maximum Gasteiger partial charge on any atom is 0.339 e. The number of hydrogen-bond donors (Lipinski definition) is 0. The van der Waals surface area contributed by atoms with Crippen LogP contribution in [0.4, 0.5) is 0 Å². The van der Waals surface area contributed by atoms with Crippen LogP contribution >= 0.6 is 0 Å². The van der Waals surface area contributed by atoms with Crippen molar-refractivity contribution in [1.82, 2.24) is 4.98 Å². The second-order valence-electron chi connectivity index (χ2n) is 6.81. The van der Waals surface area contributed by atoms with Gasteiger partial charge in [0.05, 0.1) is 13.2 Å². The van der Waals surface area contributed by atoms with E-state index in [1.807, 2.05) is 6.07 Å². The zero-order chi connectivity index (χ0) is 23.7. The maximum atomic E-state index is 12.4. The molecule has 0 radical (unpaired) electrons. The van der Waals surface area contributed by atoms with E-state index in [0.29, 0.717) is 18.9 Å². The lowest BCUT2D eigenvalue weighted by Gasteiger charge is -2.12. The summed E-state index contributed by atoms with van der Waals surface area (Å²) in [6, 6.07) is 17.9. The van der Waals surface area contributed by atoms with Crippen LogP contribution in [-0.4, -0.2) is 32.6 Å². The fourth-order valence-corrected chi connectivity index (χ4v) is 3.74. The summed E-state index contributed by atoms with van der Waals surface area (Å²) in [6.45, 7) is 4.13. The van der Waals surface area contributed by atoms with Crippen LogP contribution in [-0.2, 0) is 21.3 Å². The molecule has 0 aliphatic rings. The highest BCUT2D eigenvalue weighted by Crippen LogP contribution is 2.28. The standard InChI is InChI=1S/C24H25NO7S/c1-3-23(26)31-21-13-14-22(25-24(21)29-4-2)30-16-15-18-9-8-10-19(17-18)32-33(27,28)20-11-6-5-7-12-20/h5-14,17H,3-4,15-16H2,1-2H3. The fourth-order valence-electron chi connectivity index (χ4n) is 2.79. The molecule has 2 aromatic carbocycles. The predicted molar refractivity (Wildman–Crippen MR) is 121 cm³/mol. The molecule has 0 spiro atoms. The first kappa shape index (κ1) is 24.1. The summed E-state index contributed by atoms with van der Waals surface area (Å²) >= 11 is 0. The molecule has 3 aromatic rings. The van der Waals surface area contributed by atoms with Gasteiger partial charge in [0.2, 0.25) is 5.88 Å². The Balaban J connectivity index is 1.62. The van der Waals surface area contributed by atoms with Crippen LogP contribution in [0.15, 0.2) is 71.6 Å². The summed E-state index contributed by atoms with van der Waals surface area (Å²) in [5.74, 6) is 0.561. The number of carbonyl (C=O) groups excluding carboxylic acids is 1. The Morgan fingerprint density at radius 2 is 1.73 bits per heavy atom. The molecule has 0 N–H and O–H groups in total. The van der Waals surface area contributed by atoms with Crippen molar-refractivity contribution in [3.8, 4) is 23.3 Å². The first-order chi connectivity index (χ1) is 15.9. The van der Waals surface area contributed by atoms with Gasteiger partial charge in [-0.2, -0.15) is 13.4 Å². The minimum absolute atomic E-state index is 0.0861. The summed E-state index contributed by atoms with van der Waals surface area (Å²) < 4.78 is 46.4. The lowest BCUT2D eigenvalue weighted by Crippen LogP contribution is -2.10. The number of pyridine rings is 1. The Hall–Kier alpha value is -3.59. The molecule has 0 fully saturated rings. The number of benzene rings is 2. The number of rotatable bonds is 11. The largest absolute Gasteiger partial charge is 0.477 e. The molecule has 9 heteroatoms. The molecule has 1 aromatic heterocycles. The number of nitrogens with zero attached hydrogens (tertiary/aromatic N) is 1. The third kappa shape index (κ3) is 6.95. The molecule has 8 nitrogen and oxygen atoms in total. The third-order valence-electron chi connectivity index (χ3n) is 4.37. The zero-order valence-corrected chi connectivity index (χ0v) is 19.2. The van der Waals surface area contributed by atoms with Crippen molar-refractivity contribution in [3.05, 3.63) is 72.3 Å². The maximum absolute atomic E-state index is 12.4. The first-order valence-corrected chi connectivity index (χ1v) is 11.9. The van der Waals surface area contributed by atoms with Gasteiger partial charge >= 0.3 is 16.1 Å². The summed E-state index contributed by atoms with van der Waals surface area (Å²) in [4.78, 5) is 15.9. The van der Waals surface area contributed by atoms with Gasteiger partial charge in [-0.15, -0.1) is 0 Å². The monoisotopic (exact) mass is 471 g/mol. The Morgan fingerprint density at radius 1 is 0.939 bits per heavy atom. The molecule has 0 bridgehead atoms. The van der Waals surface area contributed by atoms with Crippen molar-refractivity contribution < 1.29 is 31.6 Å². The Morgan fingerprint density at radius 3 is 2.45 bits per heavy atom. The molecule has 1 heterocycles. The molecule has 174 valence electrons. The van der Waals surface area contributed by atoms with E-state index in [2.05, 4.69) is 4.98 Å². The van der Waals surface area contributed by atoms with Crippen LogP contribution < -0.4 is 18.4 Å². The van der Waals surface area contributed by atoms with Crippen molar-refractivity contribution in [2.75, 3.05) is 13.2 Å². The second kappa shape index (κ2) is 11.3. The Labute approximate surface area is 193 Å². The van der Waals surface area contributed by atoms with E-state index in [4.69, 9.17) is 18.4 Å². The van der Waals surface area contributed by atoms with E-state index in [0.717, 1.165) is 5.56 Å². The lowest BCUT2D eigenvalue weighted by atomic mass is 10.1. The van der Waals surface area contributed by atoms with Crippen molar-refractivity contribution in [3.63, 3.8) is 0 Å². The van der Waals surface area contributed by atoms with Gasteiger partial charge < -0.3 is 18.4 Å². The Bertz CT molecular complexity index is 1180. The molecule has 0 saturated carbocycles. The zero-order valence-electron chi connectivity index (χ0n) is 18.4. The van der Waals surface area contributed by atoms with E-state index in [9.17, 15) is 13.2 Å². The number of aromatic nitrogens is 1. The molecule has 0 atom stereocenters. The average Bonchev–Trinajstić information content (AvgIpc) is 2.81. The number of ether oxygens (including phenoxy) is 3. The second-order valence-corrected chi connectivity index (χ2v) is 8.36. The summed E-state index contributed by atoms with van der Waals surface area (Å²) in [5, 5.41) is 0. The van der Waals surface area contributed by atoms with E-state index >= 15 is 0 Å². The quantitative estimate of drug-likeness (QED) is 0.303. The number of esters is 1. The minimum atomic E-state index is -3.91. The topological polar surface area (TPSA) is 101 Å². The molecular weight excluding hydrogens is 446 g/mol. The van der Waals surface area contributed by atoms with Crippen LogP contribution in [0.3, 0.4) is 0 Å². The summed E-state index contributed by atoms with van der Waals surface area (Å²) in [6.07, 6.45) is 0.722. The van der Waals surface area contributed by atoms with E-state index < -0.39 is 10.1 Å². The molecule has 3 rings (SSSR count). The SMILES string of the molecule is CCOc1nc(OCCc2cccc(OS(=O)(=O)c3ccccc3)c2)ccc1OC(=O)CC. The van der Waals surface area contributed by atoms with Crippen LogP contribution in [0, 0.1) is 0 Å². The molecule has 0 saturated heterocycles. The van der Waals surface area contributed by atoms with Gasteiger partial charge in [0.25, 0.3) is 5.88 Å². The minimum Gasteiger partial charge on any atom is -0.477 e. The van der Waals surface area contributed by atoms with Gasteiger partial charge in [-0.25, -0.2) is 0 Å². The van der Waals surface area contributed by atoms with Gasteiger partial charge in [0.1, 0.15) is 10.6 Å². The smallest absolute Gasteiger partial charge is 0.339 e. The van der Waals surface area contributed by atoms with Crippen molar-refractivity contribution in [2.24, 2.45) is 0 Å². The average molecular weight is 472 g/mol. The molecule has 0 amide bonds. The molecule has 33 heavy (non-hydrogen) atoms. The van der Waals surface area contributed by atoms with Crippen molar-refractivity contribution >= 4 is 16.1 Å². The number of carbonyl (C=O) groups is 1. The molecular formula is C24H25NO7S. The van der Waals surface area contributed by atoms with Crippen LogP contribution in [0.1, 0.15) is 25.8 Å². The van der Waals surface area contributed by atoms with Gasteiger partial charge in [-0.1, -0.05) is 37.3 Å². The Kier molecular flexibility index (Phi) is 8.26. The van der Waals surface area contributed by atoms with E-state index in [1.54, 1.807) is 62.4 Å². The van der Waals surface area contributed by atoms with Crippen molar-refractivity contribution in [2.45, 2.75) is 31.6 Å². The van der Waals surface area contributed by atoms with Crippen LogP contribution in [0.2, 0.25) is 0 Å². The first-order valence-electron chi connectivity index (χ1n) is 10.5. The summed E-state index contributed by atoms with van der Waals surface area (Å²) in [5.41, 5.74) is 0.828. The highest BCUT2D eigenvalue weighted by molar-refractivity contribution is 7.87.